The zero-order chi connectivity index (χ0) is 24.3. The molecule has 184 valence electrons. The van der Waals surface area contributed by atoms with E-state index in [2.05, 4.69) is 46.8 Å². The predicted molar refractivity (Wildman–Crippen MR) is 138 cm³/mol. The average Bonchev–Trinajstić information content (AvgIpc) is 3.51. The minimum absolute atomic E-state index is 0.126. The van der Waals surface area contributed by atoms with Gasteiger partial charge in [-0.15, -0.1) is 11.3 Å². The van der Waals surface area contributed by atoms with Crippen LogP contribution in [0.15, 0.2) is 24.7 Å². The van der Waals surface area contributed by atoms with Crippen molar-refractivity contribution < 1.29 is 9.53 Å². The topological polar surface area (TPSA) is 78.8 Å². The van der Waals surface area contributed by atoms with Crippen LogP contribution in [0.2, 0.25) is 0 Å². The second kappa shape index (κ2) is 8.72. The van der Waals surface area contributed by atoms with Crippen molar-refractivity contribution in [1.82, 2.24) is 29.4 Å². The molecule has 35 heavy (non-hydrogen) atoms. The first-order valence-electron chi connectivity index (χ1n) is 12.5. The Hall–Kier alpha value is -2.75. The highest BCUT2D eigenvalue weighted by Gasteiger charge is 2.32. The van der Waals surface area contributed by atoms with Crippen molar-refractivity contribution in [2.45, 2.75) is 51.6 Å². The molecule has 0 aliphatic carbocycles. The molecule has 2 aliphatic heterocycles. The first-order chi connectivity index (χ1) is 16.9. The monoisotopic (exact) mass is 492 g/mol. The maximum absolute atomic E-state index is 13.5. The zero-order valence-corrected chi connectivity index (χ0v) is 21.6. The van der Waals surface area contributed by atoms with Crippen molar-refractivity contribution in [2.24, 2.45) is 0 Å². The lowest BCUT2D eigenvalue weighted by Crippen LogP contribution is -2.54. The number of carbonyl (C=O) groups is 1. The van der Waals surface area contributed by atoms with Crippen LogP contribution < -0.4 is 0 Å². The maximum atomic E-state index is 13.5. The Labute approximate surface area is 208 Å². The number of hydrogen-bond acceptors (Lipinski definition) is 6. The van der Waals surface area contributed by atoms with E-state index in [-0.39, 0.29) is 11.9 Å². The Morgan fingerprint density at radius 1 is 1.26 bits per heavy atom. The molecule has 0 aromatic carbocycles. The predicted octanol–water partition coefficient (Wildman–Crippen LogP) is 4.31. The largest absolute Gasteiger partial charge is 0.378 e. The fraction of sp³-hybridized carbons (Fsp3) is 0.500. The number of H-pyrrole nitrogens is 1. The molecule has 4 aromatic heterocycles. The number of nitrogens with zero attached hydrogens (tertiary/aromatic N) is 5. The Morgan fingerprint density at radius 3 is 2.71 bits per heavy atom. The summed E-state index contributed by atoms with van der Waals surface area (Å²) in [5.74, 6) is 0.436. The number of fused-ring (bicyclic) bond motifs is 2. The van der Waals surface area contributed by atoms with Gasteiger partial charge in [-0.2, -0.15) is 5.10 Å². The molecule has 1 N–H and O–H groups in total. The van der Waals surface area contributed by atoms with Gasteiger partial charge in [-0.25, -0.2) is 9.50 Å². The highest BCUT2D eigenvalue weighted by molar-refractivity contribution is 7.21. The number of piperidine rings is 1. The van der Waals surface area contributed by atoms with Crippen molar-refractivity contribution in [3.8, 4) is 11.3 Å². The maximum Gasteiger partial charge on any atom is 0.264 e. The summed E-state index contributed by atoms with van der Waals surface area (Å²) in [6, 6.07) is 5.06. The quantitative estimate of drug-likeness (QED) is 0.449. The number of thiophene rings is 1. The van der Waals surface area contributed by atoms with Gasteiger partial charge in [0.25, 0.3) is 5.91 Å². The van der Waals surface area contributed by atoms with Gasteiger partial charge in [0.1, 0.15) is 6.33 Å². The van der Waals surface area contributed by atoms with E-state index in [9.17, 15) is 4.79 Å². The number of amides is 1. The third-order valence-corrected chi connectivity index (χ3v) is 8.80. The number of ether oxygens (including phenoxy) is 1. The molecular weight excluding hydrogens is 460 g/mol. The van der Waals surface area contributed by atoms with Gasteiger partial charge >= 0.3 is 0 Å². The first-order valence-corrected chi connectivity index (χ1v) is 13.3. The molecule has 8 nitrogen and oxygen atoms in total. The zero-order valence-electron chi connectivity index (χ0n) is 20.7. The van der Waals surface area contributed by atoms with Gasteiger partial charge in [0.2, 0.25) is 0 Å². The van der Waals surface area contributed by atoms with Gasteiger partial charge in [-0.1, -0.05) is 13.8 Å². The van der Waals surface area contributed by atoms with Gasteiger partial charge in [-0.05, 0) is 48.9 Å². The second-order valence-corrected chi connectivity index (χ2v) is 11.3. The lowest BCUT2D eigenvalue weighted by atomic mass is 9.99. The van der Waals surface area contributed by atoms with Crippen LogP contribution in [-0.2, 0) is 4.74 Å². The molecule has 4 aromatic rings. The summed E-state index contributed by atoms with van der Waals surface area (Å²) >= 11 is 1.61. The van der Waals surface area contributed by atoms with Gasteiger partial charge in [0, 0.05) is 37.9 Å². The van der Waals surface area contributed by atoms with Crippen LogP contribution in [-0.4, -0.2) is 80.7 Å². The number of hydrogen-bond donors (Lipinski definition) is 1. The van der Waals surface area contributed by atoms with Crippen LogP contribution in [0.4, 0.5) is 0 Å². The number of pyridine rings is 1. The van der Waals surface area contributed by atoms with Crippen molar-refractivity contribution >= 4 is 33.1 Å². The van der Waals surface area contributed by atoms with E-state index in [0.717, 1.165) is 72.0 Å². The normalized spacial score (nSPS) is 18.1. The fourth-order valence-electron chi connectivity index (χ4n) is 5.53. The van der Waals surface area contributed by atoms with Gasteiger partial charge in [-0.3, -0.25) is 9.69 Å². The highest BCUT2D eigenvalue weighted by Crippen LogP contribution is 2.40. The van der Waals surface area contributed by atoms with Crippen LogP contribution in [0, 0.1) is 6.92 Å². The molecule has 0 radical (unpaired) electrons. The van der Waals surface area contributed by atoms with Crippen LogP contribution >= 0.6 is 11.3 Å². The lowest BCUT2D eigenvalue weighted by Gasteiger charge is -2.43. The smallest absolute Gasteiger partial charge is 0.264 e. The fourth-order valence-corrected chi connectivity index (χ4v) is 6.82. The van der Waals surface area contributed by atoms with E-state index in [1.165, 1.54) is 10.3 Å². The molecule has 9 heteroatoms. The van der Waals surface area contributed by atoms with Gasteiger partial charge in [0.05, 0.1) is 40.0 Å². The SMILES string of the molecule is Cc1cc(-c2[nH]c3cc(C(=O)N(C)C4CCN(C5COC5)CC4)sc3c2C(C)C)cn2ncnc12. The Kier molecular flexibility index (Phi) is 5.66. The van der Waals surface area contributed by atoms with E-state index in [1.54, 1.807) is 17.7 Å². The lowest BCUT2D eigenvalue weighted by molar-refractivity contribution is -0.0744. The Balaban J connectivity index is 1.27. The molecule has 6 rings (SSSR count). The minimum atomic E-state index is 0.126. The third kappa shape index (κ3) is 3.86. The first kappa shape index (κ1) is 22.7. The van der Waals surface area contributed by atoms with Crippen LogP contribution in [0.1, 0.15) is 53.4 Å². The molecule has 0 saturated carbocycles. The number of aryl methyl sites for hydroxylation is 1. The summed E-state index contributed by atoms with van der Waals surface area (Å²) in [5.41, 5.74) is 6.42. The molecule has 0 atom stereocenters. The van der Waals surface area contributed by atoms with Gasteiger partial charge in [0.15, 0.2) is 5.65 Å². The van der Waals surface area contributed by atoms with E-state index in [0.29, 0.717) is 12.0 Å². The number of likely N-dealkylation sites (tertiary alicyclic amines) is 1. The second-order valence-electron chi connectivity index (χ2n) is 10.2. The number of carbonyl (C=O) groups excluding carboxylic acids is 1. The molecular formula is C26H32N6O2S. The minimum Gasteiger partial charge on any atom is -0.378 e. The number of aromatic nitrogens is 4. The molecule has 2 fully saturated rings. The number of rotatable bonds is 5. The van der Waals surface area contributed by atoms with E-state index in [1.807, 2.05) is 28.7 Å². The van der Waals surface area contributed by atoms with Gasteiger partial charge < -0.3 is 14.6 Å². The summed E-state index contributed by atoms with van der Waals surface area (Å²) in [4.78, 5) is 26.7. The summed E-state index contributed by atoms with van der Waals surface area (Å²) in [6.07, 6.45) is 5.66. The summed E-state index contributed by atoms with van der Waals surface area (Å²) < 4.78 is 8.35. The molecule has 0 spiro atoms. The highest BCUT2D eigenvalue weighted by atomic mass is 32.1. The molecule has 0 bridgehead atoms. The molecule has 2 aliphatic rings. The summed E-state index contributed by atoms with van der Waals surface area (Å²) in [7, 11) is 1.97. The van der Waals surface area contributed by atoms with Crippen LogP contribution in [0.25, 0.3) is 27.1 Å². The van der Waals surface area contributed by atoms with E-state index in [4.69, 9.17) is 4.74 Å². The summed E-state index contributed by atoms with van der Waals surface area (Å²) in [5, 5.41) is 4.34. The third-order valence-electron chi connectivity index (χ3n) is 7.65. The molecule has 2 saturated heterocycles. The Morgan fingerprint density at radius 2 is 2.03 bits per heavy atom. The van der Waals surface area contributed by atoms with Crippen molar-refractivity contribution in [1.29, 1.82) is 0 Å². The van der Waals surface area contributed by atoms with E-state index >= 15 is 0 Å². The van der Waals surface area contributed by atoms with Crippen molar-refractivity contribution in [2.75, 3.05) is 33.4 Å². The molecule has 1 amide bonds. The van der Waals surface area contributed by atoms with Crippen molar-refractivity contribution in [3.05, 3.63) is 40.7 Å². The average molecular weight is 493 g/mol. The van der Waals surface area contributed by atoms with Crippen LogP contribution in [0.3, 0.4) is 0 Å². The van der Waals surface area contributed by atoms with Crippen molar-refractivity contribution in [3.63, 3.8) is 0 Å². The van der Waals surface area contributed by atoms with E-state index < -0.39 is 0 Å². The van der Waals surface area contributed by atoms with Crippen LogP contribution in [0.5, 0.6) is 0 Å². The molecule has 6 heterocycles. The Bertz CT molecular complexity index is 1390. The summed E-state index contributed by atoms with van der Waals surface area (Å²) in [6.45, 7) is 10.3. The standard InChI is InChI=1S/C26H32N6O2S/c1-15(2)22-23(17-9-16(3)25-27-14-28-32(25)11-17)29-20-10-21(35-24(20)22)26(33)30(4)18-5-7-31(8-6-18)19-12-34-13-19/h9-11,14-15,18-19,29H,5-8,12-13H2,1-4H3. The number of aromatic amines is 1. The number of nitrogens with one attached hydrogen (secondary N) is 1. The molecule has 0 unspecified atom stereocenters.